The fourth-order valence-electron chi connectivity index (χ4n) is 1.42. The van der Waals surface area contributed by atoms with Gasteiger partial charge in [-0.15, -0.1) is 0 Å². The Morgan fingerprint density at radius 1 is 1.48 bits per heavy atom. The van der Waals surface area contributed by atoms with Crippen molar-refractivity contribution in [2.24, 2.45) is 4.99 Å². The van der Waals surface area contributed by atoms with E-state index < -0.39 is 5.30 Å². The van der Waals surface area contributed by atoms with Gasteiger partial charge >= 0.3 is 5.30 Å². The zero-order chi connectivity index (χ0) is 15.4. The molecule has 0 aromatic heterocycles. The summed E-state index contributed by atoms with van der Waals surface area (Å²) in [6, 6.07) is 4.95. The van der Waals surface area contributed by atoms with Crippen LogP contribution in [0.2, 0.25) is 10.0 Å². The van der Waals surface area contributed by atoms with Crippen LogP contribution in [0.5, 0.6) is 0 Å². The average Bonchev–Trinajstić information content (AvgIpc) is 2.73. The summed E-state index contributed by atoms with van der Waals surface area (Å²) in [6.45, 7) is 1.99. The van der Waals surface area contributed by atoms with Crippen LogP contribution in [0.15, 0.2) is 28.9 Å². The van der Waals surface area contributed by atoms with Crippen LogP contribution in [0.3, 0.4) is 0 Å². The van der Waals surface area contributed by atoms with Crippen molar-refractivity contribution >= 4 is 67.6 Å². The molecule has 21 heavy (non-hydrogen) atoms. The van der Waals surface area contributed by atoms with Crippen LogP contribution in [0.4, 0.5) is 4.79 Å². The van der Waals surface area contributed by atoms with E-state index in [0.29, 0.717) is 20.0 Å². The van der Waals surface area contributed by atoms with Crippen LogP contribution in [-0.2, 0) is 9.53 Å². The highest BCUT2D eigenvalue weighted by atomic mass is 35.5. The Morgan fingerprint density at radius 3 is 2.90 bits per heavy atom. The summed E-state index contributed by atoms with van der Waals surface area (Å²) < 4.78 is 5.13. The van der Waals surface area contributed by atoms with E-state index in [0.717, 1.165) is 23.5 Å². The maximum atomic E-state index is 11.9. The number of ether oxygens (including phenoxy) is 1. The first-order valence-corrected chi connectivity index (χ1v) is 8.20. The lowest BCUT2D eigenvalue weighted by molar-refractivity contribution is -0.107. The zero-order valence-electron chi connectivity index (χ0n) is 10.8. The third-order valence-corrected chi connectivity index (χ3v) is 4.56. The van der Waals surface area contributed by atoms with Crippen LogP contribution in [0.1, 0.15) is 12.5 Å². The molecule has 0 spiro atoms. The molecule has 110 valence electrons. The van der Waals surface area contributed by atoms with Gasteiger partial charge in [-0.2, -0.15) is 0 Å². The minimum Gasteiger partial charge on any atom is -0.458 e. The molecule has 0 N–H and O–H groups in total. The van der Waals surface area contributed by atoms with E-state index in [1.807, 2.05) is 0 Å². The van der Waals surface area contributed by atoms with Gasteiger partial charge in [-0.05, 0) is 42.5 Å². The van der Waals surface area contributed by atoms with Gasteiger partial charge in [0, 0.05) is 21.8 Å². The van der Waals surface area contributed by atoms with E-state index in [-0.39, 0.29) is 17.4 Å². The molecule has 4 nitrogen and oxygen atoms in total. The second-order valence-corrected chi connectivity index (χ2v) is 6.74. The molecule has 0 unspecified atom stereocenters. The monoisotopic (exact) mass is 361 g/mol. The maximum Gasteiger partial charge on any atom is 0.374 e. The molecule has 1 aromatic rings. The lowest BCUT2D eigenvalue weighted by atomic mass is 10.2. The first-order valence-electron chi connectivity index (χ1n) is 5.82. The number of nitrogens with zero attached hydrogens (tertiary/aromatic N) is 1. The molecule has 0 fully saturated rings. The van der Waals surface area contributed by atoms with Gasteiger partial charge in [-0.25, -0.2) is 9.79 Å². The summed E-state index contributed by atoms with van der Waals surface area (Å²) in [4.78, 5) is 27.3. The predicted molar refractivity (Wildman–Crippen MR) is 89.1 cm³/mol. The first-order chi connectivity index (χ1) is 9.99. The van der Waals surface area contributed by atoms with Crippen molar-refractivity contribution in [3.8, 4) is 0 Å². The van der Waals surface area contributed by atoms with E-state index in [9.17, 15) is 9.59 Å². The first kappa shape index (κ1) is 16.4. The fourth-order valence-corrected chi connectivity index (χ4v) is 3.45. The minimum atomic E-state index is -0.484. The maximum absolute atomic E-state index is 11.9. The predicted octanol–water partition coefficient (Wildman–Crippen LogP) is 4.85. The molecule has 0 amide bonds. The Morgan fingerprint density at radius 2 is 2.24 bits per heavy atom. The fraction of sp³-hybridized carbons (Fsp3) is 0.154. The molecule has 0 saturated heterocycles. The van der Waals surface area contributed by atoms with Crippen molar-refractivity contribution in [2.45, 2.75) is 6.92 Å². The number of hydrogen-bond donors (Lipinski definition) is 0. The molecular formula is C13H9Cl2NO3S2. The highest BCUT2D eigenvalue weighted by Crippen LogP contribution is 2.33. The summed E-state index contributed by atoms with van der Waals surface area (Å²) in [5, 5.41) is 0.209. The molecule has 8 heteroatoms. The largest absolute Gasteiger partial charge is 0.458 e. The zero-order valence-corrected chi connectivity index (χ0v) is 13.9. The second kappa shape index (κ2) is 7.35. The normalized spacial score (nSPS) is 16.2. The molecule has 0 radical (unpaired) electrons. The molecular weight excluding hydrogens is 353 g/mol. The summed E-state index contributed by atoms with van der Waals surface area (Å²) >= 11 is 13.5. The molecule has 2 rings (SSSR count). The molecule has 0 aliphatic carbocycles. The van der Waals surface area contributed by atoms with Crippen molar-refractivity contribution in [3.05, 3.63) is 39.5 Å². The van der Waals surface area contributed by atoms with E-state index in [4.69, 9.17) is 27.9 Å². The Bertz CT molecular complexity index is 659. The van der Waals surface area contributed by atoms with Crippen LogP contribution in [-0.4, -0.2) is 21.4 Å². The Labute approximate surface area is 139 Å². The third kappa shape index (κ3) is 4.51. The third-order valence-electron chi connectivity index (χ3n) is 2.29. The van der Waals surface area contributed by atoms with Gasteiger partial charge in [0.05, 0.1) is 6.61 Å². The summed E-state index contributed by atoms with van der Waals surface area (Å²) in [5.74, 6) is 0. The average molecular weight is 362 g/mol. The lowest BCUT2D eigenvalue weighted by Gasteiger charge is -1.99. The summed E-state index contributed by atoms with van der Waals surface area (Å²) in [7, 11) is 0. The Balaban J connectivity index is 2.19. The van der Waals surface area contributed by atoms with Crippen molar-refractivity contribution in [1.82, 2.24) is 0 Å². The van der Waals surface area contributed by atoms with Crippen LogP contribution in [0.25, 0.3) is 6.08 Å². The van der Waals surface area contributed by atoms with E-state index >= 15 is 0 Å². The molecule has 1 aromatic carbocycles. The van der Waals surface area contributed by atoms with Crippen molar-refractivity contribution in [3.63, 3.8) is 0 Å². The van der Waals surface area contributed by atoms with E-state index in [1.165, 1.54) is 0 Å². The highest BCUT2D eigenvalue weighted by molar-refractivity contribution is 8.49. The molecule has 1 aliphatic heterocycles. The quantitative estimate of drug-likeness (QED) is 0.556. The number of carbonyl (C=O) groups is 2. The number of carbonyl (C=O) groups excluding carboxylic acids is 2. The Hall–Kier alpha value is -0.950. The number of benzene rings is 1. The standard InChI is InChI=1S/C13H9Cl2NO3S2/c1-2-19-13(18)21-12-16-10(11(17)20-12)5-7-3-4-8(14)6-9(7)15/h3-6H,2H2,1H3/b10-5-. The topological polar surface area (TPSA) is 55.7 Å². The number of hydrogen-bond acceptors (Lipinski definition) is 6. The van der Waals surface area contributed by atoms with Crippen LogP contribution in [0, 0.1) is 0 Å². The van der Waals surface area contributed by atoms with Crippen LogP contribution >= 0.6 is 46.7 Å². The van der Waals surface area contributed by atoms with Gasteiger partial charge in [-0.1, -0.05) is 29.3 Å². The van der Waals surface area contributed by atoms with Gasteiger partial charge in [0.25, 0.3) is 0 Å². The SMILES string of the molecule is CCOC(=O)SC1=N/C(=C\c2ccc(Cl)cc2Cl)C(=O)S1. The number of aliphatic imine (C=N–C) groups is 1. The number of halogens is 2. The van der Waals surface area contributed by atoms with Crippen LogP contribution < -0.4 is 0 Å². The lowest BCUT2D eigenvalue weighted by Crippen LogP contribution is -1.98. The van der Waals surface area contributed by atoms with E-state index in [1.54, 1.807) is 31.2 Å². The molecule has 0 bridgehead atoms. The van der Waals surface area contributed by atoms with E-state index in [2.05, 4.69) is 4.99 Å². The van der Waals surface area contributed by atoms with Gasteiger partial charge in [0.1, 0.15) is 10.1 Å². The molecule has 1 heterocycles. The molecule has 0 saturated carbocycles. The van der Waals surface area contributed by atoms with Crippen molar-refractivity contribution < 1.29 is 14.3 Å². The Kier molecular flexibility index (Phi) is 5.75. The van der Waals surface area contributed by atoms with Gasteiger partial charge in [0.2, 0.25) is 5.12 Å². The number of thioether (sulfide) groups is 2. The van der Waals surface area contributed by atoms with Gasteiger partial charge in [0.15, 0.2) is 0 Å². The highest BCUT2D eigenvalue weighted by Gasteiger charge is 2.25. The summed E-state index contributed by atoms with van der Waals surface area (Å²) in [6.07, 6.45) is 1.56. The minimum absolute atomic E-state index is 0.232. The summed E-state index contributed by atoms with van der Waals surface area (Å²) in [5.41, 5.74) is 0.868. The number of rotatable bonds is 2. The van der Waals surface area contributed by atoms with Gasteiger partial charge < -0.3 is 4.74 Å². The molecule has 0 atom stereocenters. The second-order valence-electron chi connectivity index (χ2n) is 3.75. The smallest absolute Gasteiger partial charge is 0.374 e. The van der Waals surface area contributed by atoms with Crippen molar-refractivity contribution in [2.75, 3.05) is 6.61 Å². The van der Waals surface area contributed by atoms with Gasteiger partial charge in [-0.3, -0.25) is 4.79 Å². The van der Waals surface area contributed by atoms with Crippen molar-refractivity contribution in [1.29, 1.82) is 0 Å². The molecule has 1 aliphatic rings.